The first-order valence-corrected chi connectivity index (χ1v) is 10.2. The number of nitrogens with zero attached hydrogens (tertiary/aromatic N) is 2. The van der Waals surface area contributed by atoms with E-state index in [1.807, 2.05) is 4.90 Å². The van der Waals surface area contributed by atoms with Crippen LogP contribution in [0.15, 0.2) is 24.3 Å². The first kappa shape index (κ1) is 17.4. The van der Waals surface area contributed by atoms with Crippen molar-refractivity contribution in [3.05, 3.63) is 35.5 Å². The molecule has 1 fully saturated rings. The first-order valence-electron chi connectivity index (χ1n) is 10.2. The van der Waals surface area contributed by atoms with E-state index < -0.39 is 0 Å². The van der Waals surface area contributed by atoms with Crippen LogP contribution in [0.5, 0.6) is 0 Å². The van der Waals surface area contributed by atoms with E-state index in [4.69, 9.17) is 4.74 Å². The summed E-state index contributed by atoms with van der Waals surface area (Å²) in [6.07, 6.45) is 9.69. The van der Waals surface area contributed by atoms with Gasteiger partial charge in [-0.15, -0.1) is 0 Å². The maximum atomic E-state index is 9.65. The Labute approximate surface area is 156 Å². The normalized spacial score (nSPS) is 26.8. The number of para-hydroxylation sites is 1. The van der Waals surface area contributed by atoms with Gasteiger partial charge in [0.25, 0.3) is 0 Å². The molecule has 0 saturated heterocycles. The van der Waals surface area contributed by atoms with Gasteiger partial charge >= 0.3 is 0 Å². The largest absolute Gasteiger partial charge is 0.372 e. The van der Waals surface area contributed by atoms with Crippen LogP contribution in [0, 0.1) is 23.3 Å². The number of hydrogen-bond donors (Lipinski definition) is 1. The molecule has 0 bridgehead atoms. The summed E-state index contributed by atoms with van der Waals surface area (Å²) in [6.45, 7) is 4.54. The molecule has 3 atom stereocenters. The van der Waals surface area contributed by atoms with Gasteiger partial charge in [0.05, 0.1) is 6.10 Å². The zero-order valence-corrected chi connectivity index (χ0v) is 15.7. The van der Waals surface area contributed by atoms with Gasteiger partial charge in [0.15, 0.2) is 6.19 Å². The Hall–Kier alpha value is -1.99. The summed E-state index contributed by atoms with van der Waals surface area (Å²) in [4.78, 5) is 5.66. The zero-order valence-electron chi connectivity index (χ0n) is 15.7. The lowest BCUT2D eigenvalue weighted by Gasteiger charge is -2.37. The van der Waals surface area contributed by atoms with Crippen LogP contribution in [-0.4, -0.2) is 29.6 Å². The van der Waals surface area contributed by atoms with Crippen LogP contribution in [0.3, 0.4) is 0 Å². The number of aromatic nitrogens is 1. The number of ether oxygens (including phenoxy) is 1. The highest BCUT2D eigenvalue weighted by Gasteiger charge is 2.32. The van der Waals surface area contributed by atoms with Crippen LogP contribution in [0.25, 0.3) is 10.9 Å². The summed E-state index contributed by atoms with van der Waals surface area (Å²) >= 11 is 0. The molecule has 1 aromatic carbocycles. The Balaban J connectivity index is 1.77. The van der Waals surface area contributed by atoms with E-state index in [0.717, 1.165) is 32.5 Å². The van der Waals surface area contributed by atoms with Gasteiger partial charge in [-0.3, -0.25) is 0 Å². The van der Waals surface area contributed by atoms with E-state index in [1.165, 1.54) is 47.8 Å². The molecule has 0 amide bonds. The third kappa shape index (κ3) is 3.33. The van der Waals surface area contributed by atoms with Gasteiger partial charge in [0.2, 0.25) is 0 Å². The molecular formula is C22H29N3O. The molecule has 138 valence electrons. The van der Waals surface area contributed by atoms with Gasteiger partial charge in [-0.1, -0.05) is 37.5 Å². The topological polar surface area (TPSA) is 52.0 Å². The van der Waals surface area contributed by atoms with E-state index >= 15 is 0 Å². The fourth-order valence-corrected chi connectivity index (χ4v) is 5.06. The highest BCUT2D eigenvalue weighted by atomic mass is 16.5. The number of benzene rings is 1. The van der Waals surface area contributed by atoms with E-state index in [1.54, 1.807) is 0 Å². The number of aromatic amines is 1. The van der Waals surface area contributed by atoms with E-state index in [9.17, 15) is 5.26 Å². The Kier molecular flexibility index (Phi) is 5.17. The second-order valence-electron chi connectivity index (χ2n) is 7.84. The average molecular weight is 351 g/mol. The monoisotopic (exact) mass is 351 g/mol. The molecule has 26 heavy (non-hydrogen) atoms. The third-order valence-corrected chi connectivity index (χ3v) is 6.35. The standard InChI is InChI=1S/C22H29N3O/c1-2-26-21-13-16-7-3-4-8-17(16)14-25(15-23)12-11-19-18-9-5-6-10-20(18)24-22(19)21/h5-6,9-10,16-17,21,24H,2-4,7-8,11-14H2,1H3. The summed E-state index contributed by atoms with van der Waals surface area (Å²) in [6, 6.07) is 8.53. The molecule has 2 aliphatic rings. The van der Waals surface area contributed by atoms with E-state index in [2.05, 4.69) is 42.4 Å². The van der Waals surface area contributed by atoms with Gasteiger partial charge in [0.1, 0.15) is 0 Å². The van der Waals surface area contributed by atoms with Crippen molar-refractivity contribution in [3.63, 3.8) is 0 Å². The van der Waals surface area contributed by atoms with Crippen LogP contribution >= 0.6 is 0 Å². The van der Waals surface area contributed by atoms with Crippen molar-refractivity contribution < 1.29 is 4.74 Å². The maximum Gasteiger partial charge on any atom is 0.179 e. The van der Waals surface area contributed by atoms with Crippen LogP contribution in [-0.2, 0) is 11.2 Å². The number of fused-ring (bicyclic) bond motifs is 4. The van der Waals surface area contributed by atoms with E-state index in [-0.39, 0.29) is 6.10 Å². The third-order valence-electron chi connectivity index (χ3n) is 6.35. The number of hydrogen-bond acceptors (Lipinski definition) is 3. The molecule has 1 saturated carbocycles. The zero-order chi connectivity index (χ0) is 17.9. The molecule has 1 aliphatic carbocycles. The fourth-order valence-electron chi connectivity index (χ4n) is 5.06. The van der Waals surface area contributed by atoms with Gasteiger partial charge < -0.3 is 14.6 Å². The molecular weight excluding hydrogens is 322 g/mol. The van der Waals surface area contributed by atoms with E-state index in [0.29, 0.717) is 11.8 Å². The lowest BCUT2D eigenvalue weighted by molar-refractivity contribution is 0.0220. The summed E-state index contributed by atoms with van der Waals surface area (Å²) in [7, 11) is 0. The number of nitriles is 1. The molecule has 2 heterocycles. The highest BCUT2D eigenvalue weighted by molar-refractivity contribution is 5.84. The summed E-state index contributed by atoms with van der Waals surface area (Å²) < 4.78 is 6.26. The van der Waals surface area contributed by atoms with Gasteiger partial charge in [-0.2, -0.15) is 5.26 Å². The summed E-state index contributed by atoms with van der Waals surface area (Å²) in [5, 5.41) is 10.9. The molecule has 0 spiro atoms. The van der Waals surface area contributed by atoms with Crippen molar-refractivity contribution in [1.82, 2.24) is 9.88 Å². The molecule has 4 rings (SSSR count). The SMILES string of the molecule is CCOC1CC2CCCCC2CN(C#N)CCc2c1[nH]c1ccccc21. The van der Waals surface area contributed by atoms with Gasteiger partial charge in [-0.25, -0.2) is 0 Å². The summed E-state index contributed by atoms with van der Waals surface area (Å²) in [5.41, 5.74) is 3.77. The van der Waals surface area contributed by atoms with Gasteiger partial charge in [0, 0.05) is 36.3 Å². The molecule has 1 N–H and O–H groups in total. The van der Waals surface area contributed by atoms with Crippen molar-refractivity contribution in [3.8, 4) is 6.19 Å². The predicted molar refractivity (Wildman–Crippen MR) is 104 cm³/mol. The number of nitrogens with one attached hydrogen (secondary N) is 1. The Morgan fingerprint density at radius 2 is 2.04 bits per heavy atom. The second kappa shape index (κ2) is 7.72. The molecule has 4 nitrogen and oxygen atoms in total. The van der Waals surface area contributed by atoms with Crippen molar-refractivity contribution in [2.45, 2.75) is 51.6 Å². The van der Waals surface area contributed by atoms with Crippen LogP contribution < -0.4 is 0 Å². The number of rotatable bonds is 2. The minimum Gasteiger partial charge on any atom is -0.372 e. The molecule has 0 radical (unpaired) electrons. The Morgan fingerprint density at radius 1 is 1.23 bits per heavy atom. The molecule has 1 aliphatic heterocycles. The van der Waals surface area contributed by atoms with Crippen LogP contribution in [0.1, 0.15) is 56.4 Å². The minimum absolute atomic E-state index is 0.140. The lowest BCUT2D eigenvalue weighted by atomic mass is 9.75. The fraction of sp³-hybridized carbons (Fsp3) is 0.591. The number of H-pyrrole nitrogens is 1. The first-order chi connectivity index (χ1) is 12.8. The smallest absolute Gasteiger partial charge is 0.179 e. The van der Waals surface area contributed by atoms with Crippen molar-refractivity contribution in [1.29, 1.82) is 5.26 Å². The predicted octanol–water partition coefficient (Wildman–Crippen LogP) is 4.78. The quantitative estimate of drug-likeness (QED) is 0.792. The van der Waals surface area contributed by atoms with Gasteiger partial charge in [-0.05, 0) is 49.7 Å². The van der Waals surface area contributed by atoms with Crippen LogP contribution in [0.2, 0.25) is 0 Å². The molecule has 3 unspecified atom stereocenters. The molecule has 2 aromatic rings. The Morgan fingerprint density at radius 3 is 2.85 bits per heavy atom. The maximum absolute atomic E-state index is 9.65. The second-order valence-corrected chi connectivity index (χ2v) is 7.84. The Bertz CT molecular complexity index is 790. The summed E-state index contributed by atoms with van der Waals surface area (Å²) in [5.74, 6) is 1.27. The average Bonchev–Trinajstić information content (AvgIpc) is 3.04. The lowest BCUT2D eigenvalue weighted by Crippen LogP contribution is -2.35. The molecule has 1 aromatic heterocycles. The minimum atomic E-state index is 0.140. The van der Waals surface area contributed by atoms with Crippen molar-refractivity contribution in [2.24, 2.45) is 11.8 Å². The van der Waals surface area contributed by atoms with Crippen molar-refractivity contribution in [2.75, 3.05) is 19.7 Å². The molecule has 4 heteroatoms. The van der Waals surface area contributed by atoms with Crippen molar-refractivity contribution >= 4 is 10.9 Å². The highest BCUT2D eigenvalue weighted by Crippen LogP contribution is 2.40. The van der Waals surface area contributed by atoms with Crippen LogP contribution in [0.4, 0.5) is 0 Å².